The summed E-state index contributed by atoms with van der Waals surface area (Å²) in [4.78, 5) is 2.53. The first-order chi connectivity index (χ1) is 8.69. The Kier molecular flexibility index (Phi) is 7.87. The van der Waals surface area contributed by atoms with Crippen molar-refractivity contribution in [1.82, 2.24) is 10.2 Å². The van der Waals surface area contributed by atoms with E-state index in [0.29, 0.717) is 12.1 Å². The molecule has 0 saturated carbocycles. The molecule has 1 aliphatic rings. The Morgan fingerprint density at radius 3 is 2.50 bits per heavy atom. The van der Waals surface area contributed by atoms with E-state index in [0.717, 1.165) is 25.7 Å². The van der Waals surface area contributed by atoms with E-state index in [2.05, 4.69) is 38.0 Å². The monoisotopic (exact) mass is 256 g/mol. The zero-order chi connectivity index (χ0) is 13.4. The van der Waals surface area contributed by atoms with E-state index < -0.39 is 0 Å². The largest absolute Gasteiger partial charge is 0.381 e. The molecule has 1 saturated heterocycles. The second-order valence-electron chi connectivity index (χ2n) is 5.70. The number of ether oxygens (including phenoxy) is 1. The van der Waals surface area contributed by atoms with E-state index in [9.17, 15) is 0 Å². The molecule has 3 heteroatoms. The lowest BCUT2D eigenvalue weighted by molar-refractivity contribution is 0.0485. The minimum absolute atomic E-state index is 0.615. The highest BCUT2D eigenvalue weighted by atomic mass is 16.5. The fraction of sp³-hybridized carbons (Fsp3) is 1.00. The lowest BCUT2D eigenvalue weighted by Gasteiger charge is -2.35. The van der Waals surface area contributed by atoms with Gasteiger partial charge in [-0.3, -0.25) is 0 Å². The van der Waals surface area contributed by atoms with E-state index in [4.69, 9.17) is 4.74 Å². The number of likely N-dealkylation sites (N-methyl/N-ethyl adjacent to an activating group) is 1. The summed E-state index contributed by atoms with van der Waals surface area (Å²) in [5.74, 6) is 0.829. The van der Waals surface area contributed by atoms with E-state index >= 15 is 0 Å². The van der Waals surface area contributed by atoms with E-state index in [1.807, 2.05) is 0 Å². The molecule has 1 heterocycles. The highest BCUT2D eigenvalue weighted by Crippen LogP contribution is 2.17. The van der Waals surface area contributed by atoms with Crippen molar-refractivity contribution in [2.24, 2.45) is 5.92 Å². The van der Waals surface area contributed by atoms with Crippen molar-refractivity contribution in [2.75, 3.05) is 33.4 Å². The van der Waals surface area contributed by atoms with Gasteiger partial charge >= 0.3 is 0 Å². The van der Waals surface area contributed by atoms with Crippen molar-refractivity contribution in [3.05, 3.63) is 0 Å². The summed E-state index contributed by atoms with van der Waals surface area (Å²) in [5.41, 5.74) is 0. The van der Waals surface area contributed by atoms with E-state index in [1.165, 1.54) is 32.2 Å². The topological polar surface area (TPSA) is 24.5 Å². The first-order valence-electron chi connectivity index (χ1n) is 7.70. The molecule has 0 aliphatic carbocycles. The lowest BCUT2D eigenvalue weighted by Crippen LogP contribution is -2.48. The molecule has 1 fully saturated rings. The smallest absolute Gasteiger partial charge is 0.0469 e. The van der Waals surface area contributed by atoms with Gasteiger partial charge in [0.25, 0.3) is 0 Å². The van der Waals surface area contributed by atoms with Crippen LogP contribution in [0.3, 0.4) is 0 Å². The molecular formula is C15H32N2O. The van der Waals surface area contributed by atoms with Gasteiger partial charge in [-0.2, -0.15) is 0 Å². The van der Waals surface area contributed by atoms with Crippen molar-refractivity contribution < 1.29 is 4.74 Å². The zero-order valence-electron chi connectivity index (χ0n) is 12.7. The van der Waals surface area contributed by atoms with Gasteiger partial charge in [-0.1, -0.05) is 13.8 Å². The molecule has 1 rings (SSSR count). The van der Waals surface area contributed by atoms with Gasteiger partial charge in [-0.15, -0.1) is 0 Å². The van der Waals surface area contributed by atoms with Crippen LogP contribution in [0.4, 0.5) is 0 Å². The second kappa shape index (κ2) is 8.89. The van der Waals surface area contributed by atoms with Gasteiger partial charge in [0.2, 0.25) is 0 Å². The average molecular weight is 256 g/mol. The SMILES string of the molecule is CCCNC(CC)C(C)N(C)CC1CCOCC1. The maximum Gasteiger partial charge on any atom is 0.0469 e. The van der Waals surface area contributed by atoms with E-state index in [1.54, 1.807) is 0 Å². The quantitative estimate of drug-likeness (QED) is 0.722. The Balaban J connectivity index is 2.34. The molecule has 0 amide bonds. The summed E-state index contributed by atoms with van der Waals surface area (Å²) in [5, 5.41) is 3.67. The van der Waals surface area contributed by atoms with Crippen molar-refractivity contribution in [3.63, 3.8) is 0 Å². The van der Waals surface area contributed by atoms with Gasteiger partial charge in [0, 0.05) is 31.8 Å². The highest BCUT2D eigenvalue weighted by molar-refractivity contribution is 4.80. The molecule has 0 aromatic carbocycles. The molecular weight excluding hydrogens is 224 g/mol. The Morgan fingerprint density at radius 1 is 1.28 bits per heavy atom. The van der Waals surface area contributed by atoms with Crippen LogP contribution in [0.1, 0.15) is 46.5 Å². The van der Waals surface area contributed by atoms with Crippen LogP contribution in [0.25, 0.3) is 0 Å². The minimum atomic E-state index is 0.615. The van der Waals surface area contributed by atoms with E-state index in [-0.39, 0.29) is 0 Å². The standard InChI is InChI=1S/C15H32N2O/c1-5-9-16-15(6-2)13(3)17(4)12-14-7-10-18-11-8-14/h13-16H,5-12H2,1-4H3. The summed E-state index contributed by atoms with van der Waals surface area (Å²) in [6.07, 6.45) is 4.89. The van der Waals surface area contributed by atoms with Crippen LogP contribution in [0.5, 0.6) is 0 Å². The third kappa shape index (κ3) is 5.25. The fourth-order valence-corrected chi connectivity index (χ4v) is 2.80. The number of hydrogen-bond donors (Lipinski definition) is 1. The highest BCUT2D eigenvalue weighted by Gasteiger charge is 2.22. The molecule has 3 nitrogen and oxygen atoms in total. The third-order valence-corrected chi connectivity index (χ3v) is 4.26. The molecule has 108 valence electrons. The Bertz CT molecular complexity index is 205. The molecule has 2 unspecified atom stereocenters. The van der Waals surface area contributed by atoms with Crippen LogP contribution in [0.15, 0.2) is 0 Å². The number of hydrogen-bond acceptors (Lipinski definition) is 3. The lowest BCUT2D eigenvalue weighted by atomic mass is 9.98. The predicted octanol–water partition coefficient (Wildman–Crippen LogP) is 2.51. The summed E-state index contributed by atoms with van der Waals surface area (Å²) < 4.78 is 5.43. The maximum absolute atomic E-state index is 5.43. The summed E-state index contributed by atoms with van der Waals surface area (Å²) in [6.45, 7) is 11.1. The van der Waals surface area contributed by atoms with Crippen molar-refractivity contribution in [3.8, 4) is 0 Å². The Hall–Kier alpha value is -0.120. The molecule has 0 spiro atoms. The maximum atomic E-state index is 5.43. The van der Waals surface area contributed by atoms with Gasteiger partial charge in [0.1, 0.15) is 0 Å². The number of nitrogens with zero attached hydrogens (tertiary/aromatic N) is 1. The Labute approximate surface area is 113 Å². The van der Waals surface area contributed by atoms with Gasteiger partial charge in [-0.05, 0) is 52.1 Å². The van der Waals surface area contributed by atoms with Gasteiger partial charge < -0.3 is 15.0 Å². The molecule has 0 aromatic heterocycles. The second-order valence-corrected chi connectivity index (χ2v) is 5.70. The van der Waals surface area contributed by atoms with Crippen LogP contribution in [-0.4, -0.2) is 50.3 Å². The summed E-state index contributed by atoms with van der Waals surface area (Å²) in [6, 6.07) is 1.24. The molecule has 18 heavy (non-hydrogen) atoms. The van der Waals surface area contributed by atoms with Crippen molar-refractivity contribution in [2.45, 2.75) is 58.5 Å². The minimum Gasteiger partial charge on any atom is -0.381 e. The first kappa shape index (κ1) is 15.9. The van der Waals surface area contributed by atoms with Crippen LogP contribution in [-0.2, 0) is 4.74 Å². The molecule has 0 bridgehead atoms. The molecule has 0 radical (unpaired) electrons. The summed E-state index contributed by atoms with van der Waals surface area (Å²) >= 11 is 0. The van der Waals surface area contributed by atoms with Crippen molar-refractivity contribution in [1.29, 1.82) is 0 Å². The number of nitrogens with one attached hydrogen (secondary N) is 1. The van der Waals surface area contributed by atoms with Crippen LogP contribution >= 0.6 is 0 Å². The average Bonchev–Trinajstić information content (AvgIpc) is 2.40. The molecule has 1 aliphatic heterocycles. The molecule has 1 N–H and O–H groups in total. The third-order valence-electron chi connectivity index (χ3n) is 4.26. The number of rotatable bonds is 8. The Morgan fingerprint density at radius 2 is 1.94 bits per heavy atom. The fourth-order valence-electron chi connectivity index (χ4n) is 2.80. The van der Waals surface area contributed by atoms with Gasteiger partial charge in [0.05, 0.1) is 0 Å². The van der Waals surface area contributed by atoms with Crippen molar-refractivity contribution >= 4 is 0 Å². The summed E-state index contributed by atoms with van der Waals surface area (Å²) in [7, 11) is 2.27. The first-order valence-corrected chi connectivity index (χ1v) is 7.70. The van der Waals surface area contributed by atoms with Gasteiger partial charge in [-0.25, -0.2) is 0 Å². The van der Waals surface area contributed by atoms with Gasteiger partial charge in [0.15, 0.2) is 0 Å². The predicted molar refractivity (Wildman–Crippen MR) is 78.0 cm³/mol. The van der Waals surface area contributed by atoms with Crippen LogP contribution in [0.2, 0.25) is 0 Å². The van der Waals surface area contributed by atoms with Crippen LogP contribution in [0, 0.1) is 5.92 Å². The normalized spacial score (nSPS) is 21.2. The molecule has 2 atom stereocenters. The van der Waals surface area contributed by atoms with Crippen LogP contribution < -0.4 is 5.32 Å². The zero-order valence-corrected chi connectivity index (χ0v) is 12.7. The molecule has 0 aromatic rings.